The first-order chi connectivity index (χ1) is 6.57. The highest BCUT2D eigenvalue weighted by Gasteiger charge is 2.09. The van der Waals surface area contributed by atoms with Gasteiger partial charge in [0.15, 0.2) is 5.47 Å². The molecule has 0 N–H and O–H groups in total. The van der Waals surface area contributed by atoms with Crippen molar-refractivity contribution in [2.24, 2.45) is 0 Å². The van der Waals surface area contributed by atoms with E-state index in [1.165, 1.54) is 4.90 Å². The molecule has 0 aliphatic heterocycles. The number of hydrogen-bond acceptors (Lipinski definition) is 3. The summed E-state index contributed by atoms with van der Waals surface area (Å²) in [6.45, 7) is 2.00. The van der Waals surface area contributed by atoms with Gasteiger partial charge in [-0.05, 0) is 42.3 Å². The summed E-state index contributed by atoms with van der Waals surface area (Å²) in [4.78, 5) is 1.22. The molecule has 0 aromatic heterocycles. The van der Waals surface area contributed by atoms with Gasteiger partial charge >= 0.3 is 0 Å². The van der Waals surface area contributed by atoms with Crippen LogP contribution < -0.4 is 4.52 Å². The molecule has 1 nitrogen and oxygen atoms in total. The summed E-state index contributed by atoms with van der Waals surface area (Å²) in [5.74, 6) is 0.822. The van der Waals surface area contributed by atoms with Crippen LogP contribution in [0.2, 0.25) is 0 Å². The predicted octanol–water partition coefficient (Wildman–Crippen LogP) is 4.05. The molecule has 0 amide bonds. The molecular formula is C9H13OPS3. The molecule has 0 fully saturated rings. The molecule has 14 heavy (non-hydrogen) atoms. The molecule has 0 radical (unpaired) electrons. The highest BCUT2D eigenvalue weighted by molar-refractivity contribution is 8.61. The standard InChI is InChI=1S/C9H13OPS3/c1-3-11(12,13)10-8-4-6-9(14-2)7-5-8/h4-7H,3H2,1-2H3,(H,12,13). The fourth-order valence-corrected chi connectivity index (χ4v) is 2.40. The fourth-order valence-electron chi connectivity index (χ4n) is 0.866. The van der Waals surface area contributed by atoms with Crippen LogP contribution in [-0.4, -0.2) is 12.4 Å². The van der Waals surface area contributed by atoms with E-state index in [2.05, 4.69) is 12.2 Å². The lowest BCUT2D eigenvalue weighted by molar-refractivity contribution is 0.625. The first kappa shape index (κ1) is 12.4. The molecule has 78 valence electrons. The zero-order chi connectivity index (χ0) is 10.6. The van der Waals surface area contributed by atoms with Gasteiger partial charge in [-0.2, -0.15) is 0 Å². The summed E-state index contributed by atoms with van der Waals surface area (Å²) >= 11 is 11.3. The molecular weight excluding hydrogens is 251 g/mol. The van der Waals surface area contributed by atoms with Crippen LogP contribution in [0.5, 0.6) is 5.75 Å². The molecule has 1 rings (SSSR count). The van der Waals surface area contributed by atoms with Crippen LogP contribution in [0.3, 0.4) is 0 Å². The van der Waals surface area contributed by atoms with E-state index in [1.807, 2.05) is 37.4 Å². The van der Waals surface area contributed by atoms with E-state index in [9.17, 15) is 0 Å². The Morgan fingerprint density at radius 1 is 1.43 bits per heavy atom. The second-order valence-corrected chi connectivity index (χ2v) is 10.2. The Balaban J connectivity index is 2.74. The van der Waals surface area contributed by atoms with Gasteiger partial charge in [0.1, 0.15) is 5.75 Å². The van der Waals surface area contributed by atoms with Crippen molar-refractivity contribution in [1.29, 1.82) is 0 Å². The van der Waals surface area contributed by atoms with Crippen molar-refractivity contribution in [2.75, 3.05) is 12.4 Å². The third-order valence-electron chi connectivity index (χ3n) is 1.71. The van der Waals surface area contributed by atoms with Crippen molar-refractivity contribution in [1.82, 2.24) is 0 Å². The van der Waals surface area contributed by atoms with Gasteiger partial charge in [-0.1, -0.05) is 6.92 Å². The lowest BCUT2D eigenvalue weighted by Crippen LogP contribution is -1.88. The first-order valence-corrected chi connectivity index (χ1v) is 9.51. The van der Waals surface area contributed by atoms with E-state index in [-0.39, 0.29) is 0 Å². The average molecular weight is 264 g/mol. The normalized spacial score (nSPS) is 14.8. The van der Waals surface area contributed by atoms with Gasteiger partial charge in [-0.25, -0.2) is 0 Å². The molecule has 1 atom stereocenters. The second-order valence-electron chi connectivity index (χ2n) is 2.72. The predicted molar refractivity (Wildman–Crippen MR) is 72.7 cm³/mol. The zero-order valence-corrected chi connectivity index (χ0v) is 11.6. The SMILES string of the molecule is CCP(=S)(S)Oc1ccc(SC)cc1. The van der Waals surface area contributed by atoms with Gasteiger partial charge in [0.25, 0.3) is 0 Å². The molecule has 0 bridgehead atoms. The van der Waals surface area contributed by atoms with Crippen LogP contribution in [0, 0.1) is 0 Å². The quantitative estimate of drug-likeness (QED) is 0.499. The maximum atomic E-state index is 5.63. The summed E-state index contributed by atoms with van der Waals surface area (Å²) in [6.07, 6.45) is 2.85. The van der Waals surface area contributed by atoms with E-state index in [4.69, 9.17) is 16.3 Å². The monoisotopic (exact) mass is 264 g/mol. The second kappa shape index (κ2) is 5.45. The van der Waals surface area contributed by atoms with E-state index in [0.29, 0.717) is 0 Å². The largest absolute Gasteiger partial charge is 0.457 e. The van der Waals surface area contributed by atoms with E-state index in [1.54, 1.807) is 11.8 Å². The van der Waals surface area contributed by atoms with Crippen molar-refractivity contribution in [3.05, 3.63) is 24.3 Å². The Morgan fingerprint density at radius 2 is 2.00 bits per heavy atom. The summed E-state index contributed by atoms with van der Waals surface area (Å²) in [6, 6.07) is 7.94. The smallest absolute Gasteiger partial charge is 0.164 e. The number of benzene rings is 1. The third kappa shape index (κ3) is 3.85. The van der Waals surface area contributed by atoms with Crippen molar-refractivity contribution >= 4 is 41.3 Å². The van der Waals surface area contributed by atoms with Crippen LogP contribution in [0.4, 0.5) is 0 Å². The maximum Gasteiger partial charge on any atom is 0.164 e. The Hall–Kier alpha value is 0.370. The number of hydrogen-bond donors (Lipinski definition) is 1. The minimum atomic E-state index is -1.90. The Bertz CT molecular complexity index is 336. The molecule has 0 saturated heterocycles. The van der Waals surface area contributed by atoms with E-state index < -0.39 is 5.47 Å². The molecule has 0 aliphatic rings. The molecule has 1 aromatic rings. The number of thiol groups is 1. The van der Waals surface area contributed by atoms with Crippen LogP contribution in [0.25, 0.3) is 0 Å². The van der Waals surface area contributed by atoms with Crippen molar-refractivity contribution < 1.29 is 4.52 Å². The molecule has 0 heterocycles. The number of rotatable bonds is 4. The van der Waals surface area contributed by atoms with Gasteiger partial charge in [-0.3, -0.25) is 0 Å². The van der Waals surface area contributed by atoms with Crippen LogP contribution >= 0.6 is 29.5 Å². The minimum Gasteiger partial charge on any atom is -0.457 e. The maximum absolute atomic E-state index is 5.63. The highest BCUT2D eigenvalue weighted by Crippen LogP contribution is 2.51. The Labute approximate surface area is 99.9 Å². The highest BCUT2D eigenvalue weighted by atomic mass is 32.9. The van der Waals surface area contributed by atoms with Crippen LogP contribution in [0.15, 0.2) is 29.2 Å². The zero-order valence-electron chi connectivity index (χ0n) is 8.14. The molecule has 1 aromatic carbocycles. The Kier molecular flexibility index (Phi) is 4.84. The molecule has 1 unspecified atom stereocenters. The molecule has 5 heteroatoms. The lowest BCUT2D eigenvalue weighted by atomic mass is 10.3. The molecule has 0 saturated carbocycles. The van der Waals surface area contributed by atoms with Crippen LogP contribution in [0.1, 0.15) is 6.92 Å². The lowest BCUT2D eigenvalue weighted by Gasteiger charge is -2.15. The summed E-state index contributed by atoms with van der Waals surface area (Å²) in [7, 11) is 0. The molecule has 0 spiro atoms. The molecule has 0 aliphatic carbocycles. The van der Waals surface area contributed by atoms with Gasteiger partial charge in [0.2, 0.25) is 0 Å². The van der Waals surface area contributed by atoms with Gasteiger partial charge in [0.05, 0.1) is 0 Å². The minimum absolute atomic E-state index is 0.801. The van der Waals surface area contributed by atoms with Crippen LogP contribution in [-0.2, 0) is 11.8 Å². The summed E-state index contributed by atoms with van der Waals surface area (Å²) in [5.41, 5.74) is -1.90. The summed E-state index contributed by atoms with van der Waals surface area (Å²) in [5, 5.41) is 0. The van der Waals surface area contributed by atoms with Gasteiger partial charge in [-0.15, -0.1) is 24.0 Å². The van der Waals surface area contributed by atoms with E-state index >= 15 is 0 Å². The van der Waals surface area contributed by atoms with Gasteiger partial charge < -0.3 is 4.52 Å². The van der Waals surface area contributed by atoms with Crippen molar-refractivity contribution in [2.45, 2.75) is 11.8 Å². The summed E-state index contributed by atoms with van der Waals surface area (Å²) < 4.78 is 5.63. The fraction of sp³-hybridized carbons (Fsp3) is 0.333. The van der Waals surface area contributed by atoms with Crippen molar-refractivity contribution in [3.8, 4) is 5.75 Å². The van der Waals surface area contributed by atoms with Gasteiger partial charge in [0, 0.05) is 11.1 Å². The first-order valence-electron chi connectivity index (χ1n) is 4.23. The Morgan fingerprint density at radius 3 is 2.43 bits per heavy atom. The topological polar surface area (TPSA) is 9.23 Å². The average Bonchev–Trinajstić information content (AvgIpc) is 2.19. The van der Waals surface area contributed by atoms with Crippen molar-refractivity contribution in [3.63, 3.8) is 0 Å². The number of thioether (sulfide) groups is 1. The third-order valence-corrected chi connectivity index (χ3v) is 5.84. The van der Waals surface area contributed by atoms with E-state index in [0.717, 1.165) is 11.9 Å².